The third-order valence-corrected chi connectivity index (χ3v) is 2.23. The van der Waals surface area contributed by atoms with Crippen LogP contribution in [-0.4, -0.2) is 19.2 Å². The first-order valence-corrected chi connectivity index (χ1v) is 5.40. The van der Waals surface area contributed by atoms with Gasteiger partial charge in [-0.1, -0.05) is 18.2 Å². The standard InChI is InChI=1S/C13H11NO5/c1-17-12(15)11-10(7-8-18-11)14-13(16)19-9-5-3-2-4-6-9/h2-8H,1H3,(H,14,16). The van der Waals surface area contributed by atoms with Crippen LogP contribution in [0.15, 0.2) is 47.1 Å². The number of carbonyl (C=O) groups excluding carboxylic acids is 2. The van der Waals surface area contributed by atoms with Gasteiger partial charge in [-0.05, 0) is 12.1 Å². The number of carbonyl (C=O) groups is 2. The minimum absolute atomic E-state index is 0.0903. The highest BCUT2D eigenvalue weighted by Crippen LogP contribution is 2.18. The molecule has 1 heterocycles. The average Bonchev–Trinajstić information content (AvgIpc) is 2.87. The van der Waals surface area contributed by atoms with E-state index in [1.165, 1.54) is 19.4 Å². The SMILES string of the molecule is COC(=O)c1occc1NC(=O)Oc1ccccc1. The van der Waals surface area contributed by atoms with E-state index in [-0.39, 0.29) is 11.4 Å². The molecule has 0 saturated carbocycles. The van der Waals surface area contributed by atoms with Crippen molar-refractivity contribution in [1.29, 1.82) is 0 Å². The topological polar surface area (TPSA) is 77.8 Å². The van der Waals surface area contributed by atoms with Crippen molar-refractivity contribution in [2.45, 2.75) is 0 Å². The lowest BCUT2D eigenvalue weighted by molar-refractivity contribution is 0.0566. The molecule has 0 atom stereocenters. The van der Waals surface area contributed by atoms with E-state index in [0.29, 0.717) is 5.75 Å². The van der Waals surface area contributed by atoms with Crippen LogP contribution in [0.25, 0.3) is 0 Å². The van der Waals surface area contributed by atoms with Crippen molar-refractivity contribution in [3.05, 3.63) is 48.4 Å². The summed E-state index contributed by atoms with van der Waals surface area (Å²) in [5, 5.41) is 2.40. The molecule has 0 saturated heterocycles. The van der Waals surface area contributed by atoms with Gasteiger partial charge in [-0.2, -0.15) is 0 Å². The number of rotatable bonds is 3. The number of ether oxygens (including phenoxy) is 2. The Morgan fingerprint density at radius 3 is 2.58 bits per heavy atom. The number of hydrogen-bond acceptors (Lipinski definition) is 5. The second kappa shape index (κ2) is 5.72. The molecule has 0 unspecified atom stereocenters. The van der Waals surface area contributed by atoms with E-state index in [1.807, 2.05) is 0 Å². The van der Waals surface area contributed by atoms with Gasteiger partial charge in [0.25, 0.3) is 0 Å². The van der Waals surface area contributed by atoms with E-state index in [1.54, 1.807) is 30.3 Å². The van der Waals surface area contributed by atoms with Gasteiger partial charge in [-0.3, -0.25) is 5.32 Å². The zero-order chi connectivity index (χ0) is 13.7. The first-order valence-electron chi connectivity index (χ1n) is 5.40. The lowest BCUT2D eigenvalue weighted by Gasteiger charge is -2.05. The molecule has 98 valence electrons. The maximum atomic E-state index is 11.6. The normalized spacial score (nSPS) is 9.74. The van der Waals surface area contributed by atoms with E-state index in [9.17, 15) is 9.59 Å². The van der Waals surface area contributed by atoms with Crippen molar-refractivity contribution in [2.75, 3.05) is 12.4 Å². The summed E-state index contributed by atoms with van der Waals surface area (Å²) in [5.74, 6) is -0.379. The van der Waals surface area contributed by atoms with Crippen LogP contribution in [0.5, 0.6) is 5.75 Å². The summed E-state index contributed by atoms with van der Waals surface area (Å²) in [6.07, 6.45) is 0.544. The van der Waals surface area contributed by atoms with Crippen LogP contribution in [0.4, 0.5) is 10.5 Å². The fourth-order valence-corrected chi connectivity index (χ4v) is 1.39. The maximum Gasteiger partial charge on any atom is 0.417 e. The number of nitrogens with one attached hydrogen (secondary N) is 1. The zero-order valence-electron chi connectivity index (χ0n) is 10.1. The molecule has 2 rings (SSSR count). The number of para-hydroxylation sites is 1. The Hall–Kier alpha value is -2.76. The predicted molar refractivity (Wildman–Crippen MR) is 66.1 cm³/mol. The molecule has 19 heavy (non-hydrogen) atoms. The highest BCUT2D eigenvalue weighted by molar-refractivity contribution is 5.97. The van der Waals surface area contributed by atoms with Gasteiger partial charge in [0, 0.05) is 6.07 Å². The Labute approximate surface area is 108 Å². The van der Waals surface area contributed by atoms with Gasteiger partial charge in [0.1, 0.15) is 5.75 Å². The Balaban J connectivity index is 2.04. The molecule has 0 aliphatic heterocycles. The largest absolute Gasteiger partial charge is 0.463 e. The molecule has 0 fully saturated rings. The van der Waals surface area contributed by atoms with Crippen LogP contribution in [0.2, 0.25) is 0 Å². The quantitative estimate of drug-likeness (QED) is 0.859. The van der Waals surface area contributed by atoms with Crippen molar-refractivity contribution in [1.82, 2.24) is 0 Å². The van der Waals surface area contributed by atoms with Crippen LogP contribution in [0.3, 0.4) is 0 Å². The highest BCUT2D eigenvalue weighted by atomic mass is 16.6. The van der Waals surface area contributed by atoms with Crippen LogP contribution >= 0.6 is 0 Å². The van der Waals surface area contributed by atoms with E-state index in [0.717, 1.165) is 0 Å². The van der Waals surface area contributed by atoms with E-state index in [4.69, 9.17) is 9.15 Å². The van der Waals surface area contributed by atoms with Gasteiger partial charge < -0.3 is 13.9 Å². The molecule has 1 aromatic heterocycles. The third-order valence-electron chi connectivity index (χ3n) is 2.23. The summed E-state index contributed by atoms with van der Waals surface area (Å²) in [6.45, 7) is 0. The Morgan fingerprint density at radius 1 is 1.16 bits per heavy atom. The van der Waals surface area contributed by atoms with Gasteiger partial charge >= 0.3 is 12.1 Å². The van der Waals surface area contributed by atoms with Gasteiger partial charge in [0.15, 0.2) is 0 Å². The summed E-state index contributed by atoms with van der Waals surface area (Å²) in [4.78, 5) is 22.9. The van der Waals surface area contributed by atoms with E-state index < -0.39 is 12.1 Å². The summed E-state index contributed by atoms with van der Waals surface area (Å²) >= 11 is 0. The molecule has 0 spiro atoms. The number of furan rings is 1. The van der Waals surface area contributed by atoms with E-state index >= 15 is 0 Å². The van der Waals surface area contributed by atoms with Crippen LogP contribution in [0.1, 0.15) is 10.6 Å². The lowest BCUT2D eigenvalue weighted by atomic mass is 10.3. The van der Waals surface area contributed by atoms with Crippen molar-refractivity contribution in [3.8, 4) is 5.75 Å². The first-order chi connectivity index (χ1) is 9.20. The maximum absolute atomic E-state index is 11.6. The predicted octanol–water partition coefficient (Wildman–Crippen LogP) is 2.68. The molecule has 6 heteroatoms. The van der Waals surface area contributed by atoms with Crippen molar-refractivity contribution in [3.63, 3.8) is 0 Å². The molecule has 0 radical (unpaired) electrons. The number of anilines is 1. The minimum atomic E-state index is -0.724. The second-order valence-electron chi connectivity index (χ2n) is 3.48. The molecular weight excluding hydrogens is 250 g/mol. The molecule has 1 aromatic carbocycles. The summed E-state index contributed by atoms with van der Waals surface area (Å²) in [6, 6.07) is 9.97. The molecule has 0 aliphatic rings. The Kier molecular flexibility index (Phi) is 3.82. The monoisotopic (exact) mass is 261 g/mol. The molecule has 6 nitrogen and oxygen atoms in total. The fraction of sp³-hybridized carbons (Fsp3) is 0.0769. The lowest BCUT2D eigenvalue weighted by Crippen LogP contribution is -2.18. The van der Waals surface area contributed by atoms with Gasteiger partial charge in [0.05, 0.1) is 19.1 Å². The van der Waals surface area contributed by atoms with Crippen LogP contribution < -0.4 is 10.1 Å². The fourth-order valence-electron chi connectivity index (χ4n) is 1.39. The van der Waals surface area contributed by atoms with Crippen LogP contribution in [-0.2, 0) is 4.74 Å². The molecule has 2 aromatic rings. The number of hydrogen-bond donors (Lipinski definition) is 1. The molecule has 1 amide bonds. The van der Waals surface area contributed by atoms with Crippen LogP contribution in [0, 0.1) is 0 Å². The molecule has 0 bridgehead atoms. The number of methoxy groups -OCH3 is 1. The molecule has 1 N–H and O–H groups in total. The first kappa shape index (κ1) is 12.7. The highest BCUT2D eigenvalue weighted by Gasteiger charge is 2.18. The average molecular weight is 261 g/mol. The summed E-state index contributed by atoms with van der Waals surface area (Å²) in [7, 11) is 1.22. The van der Waals surface area contributed by atoms with Crippen molar-refractivity contribution in [2.24, 2.45) is 0 Å². The third kappa shape index (κ3) is 3.12. The van der Waals surface area contributed by atoms with Crippen molar-refractivity contribution >= 4 is 17.7 Å². The second-order valence-corrected chi connectivity index (χ2v) is 3.48. The van der Waals surface area contributed by atoms with Gasteiger partial charge in [-0.15, -0.1) is 0 Å². The number of benzene rings is 1. The number of amides is 1. The number of esters is 1. The van der Waals surface area contributed by atoms with E-state index in [2.05, 4.69) is 10.1 Å². The van der Waals surface area contributed by atoms with Gasteiger partial charge in [0.2, 0.25) is 5.76 Å². The minimum Gasteiger partial charge on any atom is -0.463 e. The molecular formula is C13H11NO5. The Bertz CT molecular complexity index is 576. The van der Waals surface area contributed by atoms with Crippen molar-refractivity contribution < 1.29 is 23.5 Å². The smallest absolute Gasteiger partial charge is 0.417 e. The summed E-state index contributed by atoms with van der Waals surface area (Å²) in [5.41, 5.74) is 0.188. The van der Waals surface area contributed by atoms with Gasteiger partial charge in [-0.25, -0.2) is 9.59 Å². The molecule has 0 aliphatic carbocycles. The Morgan fingerprint density at radius 2 is 1.89 bits per heavy atom. The summed E-state index contributed by atoms with van der Waals surface area (Å²) < 4.78 is 14.4. The zero-order valence-corrected chi connectivity index (χ0v) is 10.1.